The number of aromatic nitrogens is 2. The molecule has 1 amide bonds. The van der Waals surface area contributed by atoms with Gasteiger partial charge in [-0.3, -0.25) is 4.79 Å². The molecule has 2 aromatic rings. The highest BCUT2D eigenvalue weighted by atomic mass is 16.5. The van der Waals surface area contributed by atoms with Gasteiger partial charge in [0.05, 0.1) is 23.9 Å². The molecule has 0 aliphatic carbocycles. The molecule has 0 bridgehead atoms. The normalized spacial score (nSPS) is 10.6. The Bertz CT molecular complexity index is 535. The van der Waals surface area contributed by atoms with Crippen molar-refractivity contribution in [2.45, 2.75) is 0 Å². The number of nitrogens with one attached hydrogen (secondary N) is 1. The first-order chi connectivity index (χ1) is 8.22. The van der Waals surface area contributed by atoms with Crippen molar-refractivity contribution in [3.63, 3.8) is 0 Å². The second-order valence-electron chi connectivity index (χ2n) is 3.59. The molecule has 3 N–H and O–H groups in total. The summed E-state index contributed by atoms with van der Waals surface area (Å²) in [5.41, 5.74) is 7.28. The molecule has 0 aliphatic rings. The van der Waals surface area contributed by atoms with E-state index in [0.29, 0.717) is 24.2 Å². The number of carbonyl (C=O) groups excluding carboxylic acids is 1. The Morgan fingerprint density at radius 3 is 3.18 bits per heavy atom. The first kappa shape index (κ1) is 11.4. The Hall–Kier alpha value is -2.08. The Labute approximate surface area is 98.4 Å². The van der Waals surface area contributed by atoms with Crippen LogP contribution in [0.3, 0.4) is 0 Å². The fraction of sp³-hybridized carbons (Fsp3) is 0.273. The molecule has 0 radical (unpaired) electrons. The van der Waals surface area contributed by atoms with Gasteiger partial charge in [-0.15, -0.1) is 0 Å². The van der Waals surface area contributed by atoms with Crippen LogP contribution in [-0.2, 0) is 4.74 Å². The molecular weight excluding hydrogens is 220 g/mol. The monoisotopic (exact) mass is 234 g/mol. The smallest absolute Gasteiger partial charge is 0.252 e. The molecule has 0 unspecified atom stereocenters. The van der Waals surface area contributed by atoms with Crippen LogP contribution in [0, 0.1) is 0 Å². The van der Waals surface area contributed by atoms with Gasteiger partial charge in [0, 0.05) is 25.5 Å². The summed E-state index contributed by atoms with van der Waals surface area (Å²) in [6.07, 6.45) is 3.24. The second kappa shape index (κ2) is 4.84. The number of hydrogen-bond acceptors (Lipinski definition) is 4. The number of carbonyl (C=O) groups is 1. The quantitative estimate of drug-likeness (QED) is 0.738. The average molecular weight is 234 g/mol. The van der Waals surface area contributed by atoms with Crippen molar-refractivity contribution in [1.29, 1.82) is 0 Å². The number of amides is 1. The van der Waals surface area contributed by atoms with Crippen LogP contribution >= 0.6 is 0 Å². The van der Waals surface area contributed by atoms with Crippen molar-refractivity contribution in [3.05, 3.63) is 30.1 Å². The third kappa shape index (κ3) is 2.36. The van der Waals surface area contributed by atoms with Crippen LogP contribution in [0.2, 0.25) is 0 Å². The summed E-state index contributed by atoms with van der Waals surface area (Å²) < 4.78 is 6.56. The minimum atomic E-state index is -0.478. The number of fused-ring (bicyclic) bond motifs is 1. The van der Waals surface area contributed by atoms with E-state index in [4.69, 9.17) is 10.5 Å². The van der Waals surface area contributed by atoms with Gasteiger partial charge in [0.15, 0.2) is 0 Å². The molecule has 6 heteroatoms. The van der Waals surface area contributed by atoms with Crippen molar-refractivity contribution in [1.82, 2.24) is 9.61 Å². The molecule has 0 saturated carbocycles. The summed E-state index contributed by atoms with van der Waals surface area (Å²) in [6, 6.07) is 3.71. The molecule has 0 fully saturated rings. The van der Waals surface area contributed by atoms with Gasteiger partial charge in [-0.05, 0) is 12.1 Å². The van der Waals surface area contributed by atoms with Crippen LogP contribution in [0.15, 0.2) is 24.5 Å². The van der Waals surface area contributed by atoms with Crippen LogP contribution < -0.4 is 11.1 Å². The van der Waals surface area contributed by atoms with Crippen molar-refractivity contribution < 1.29 is 9.53 Å². The van der Waals surface area contributed by atoms with Crippen molar-refractivity contribution in [2.24, 2.45) is 5.73 Å². The first-order valence-electron chi connectivity index (χ1n) is 5.22. The molecular formula is C11H14N4O2. The predicted molar refractivity (Wildman–Crippen MR) is 64.1 cm³/mol. The van der Waals surface area contributed by atoms with Gasteiger partial charge in [0.2, 0.25) is 0 Å². The number of primary amides is 1. The number of nitrogens with two attached hydrogens (primary N) is 1. The summed E-state index contributed by atoms with van der Waals surface area (Å²) >= 11 is 0. The van der Waals surface area contributed by atoms with Gasteiger partial charge in [0.25, 0.3) is 5.91 Å². The molecule has 0 saturated heterocycles. The Morgan fingerprint density at radius 1 is 1.65 bits per heavy atom. The number of ether oxygens (including phenoxy) is 1. The first-order valence-corrected chi connectivity index (χ1v) is 5.22. The van der Waals surface area contributed by atoms with Gasteiger partial charge in [-0.25, -0.2) is 4.52 Å². The Kier molecular flexibility index (Phi) is 3.24. The molecule has 17 heavy (non-hydrogen) atoms. The molecule has 2 rings (SSSR count). The SMILES string of the molecule is COCCNc1ccn2ncc(C(N)=O)c2c1. The largest absolute Gasteiger partial charge is 0.383 e. The standard InChI is InChI=1S/C11H14N4O2/c1-17-5-3-13-8-2-4-15-10(6-8)9(7-14-15)11(12)16/h2,4,6-7,13H,3,5H2,1H3,(H2,12,16). The number of nitrogens with zero attached hydrogens (tertiary/aromatic N) is 2. The maximum atomic E-state index is 11.2. The summed E-state index contributed by atoms with van der Waals surface area (Å²) in [6.45, 7) is 1.32. The summed E-state index contributed by atoms with van der Waals surface area (Å²) in [4.78, 5) is 11.2. The number of hydrogen-bond donors (Lipinski definition) is 2. The second-order valence-corrected chi connectivity index (χ2v) is 3.59. The molecule has 0 spiro atoms. The summed E-state index contributed by atoms with van der Waals surface area (Å²) in [7, 11) is 1.65. The molecule has 0 atom stereocenters. The summed E-state index contributed by atoms with van der Waals surface area (Å²) in [5, 5.41) is 7.22. The van der Waals surface area contributed by atoms with Crippen molar-refractivity contribution >= 4 is 17.1 Å². The highest BCUT2D eigenvalue weighted by Gasteiger charge is 2.09. The van der Waals surface area contributed by atoms with Gasteiger partial charge < -0.3 is 15.8 Å². The minimum Gasteiger partial charge on any atom is -0.383 e. The predicted octanol–water partition coefficient (Wildman–Crippen LogP) is 0.491. The molecule has 0 aliphatic heterocycles. The lowest BCUT2D eigenvalue weighted by Gasteiger charge is -2.06. The maximum absolute atomic E-state index is 11.2. The molecule has 0 aromatic carbocycles. The zero-order valence-corrected chi connectivity index (χ0v) is 9.51. The molecule has 2 heterocycles. The number of methoxy groups -OCH3 is 1. The third-order valence-corrected chi connectivity index (χ3v) is 2.42. The number of anilines is 1. The Balaban J connectivity index is 2.28. The number of rotatable bonds is 5. The third-order valence-electron chi connectivity index (χ3n) is 2.42. The van der Waals surface area contributed by atoms with E-state index >= 15 is 0 Å². The number of pyridine rings is 1. The highest BCUT2D eigenvalue weighted by molar-refractivity contribution is 5.99. The highest BCUT2D eigenvalue weighted by Crippen LogP contribution is 2.15. The topological polar surface area (TPSA) is 81.7 Å². The van der Waals surface area contributed by atoms with Gasteiger partial charge in [-0.2, -0.15) is 5.10 Å². The van der Waals surface area contributed by atoms with Crippen LogP contribution in [0.4, 0.5) is 5.69 Å². The average Bonchev–Trinajstić information content (AvgIpc) is 2.72. The lowest BCUT2D eigenvalue weighted by molar-refractivity contribution is 0.100. The van der Waals surface area contributed by atoms with E-state index in [1.165, 1.54) is 6.20 Å². The van der Waals surface area contributed by atoms with Crippen LogP contribution in [0.25, 0.3) is 5.52 Å². The van der Waals surface area contributed by atoms with E-state index in [0.717, 1.165) is 5.69 Å². The maximum Gasteiger partial charge on any atom is 0.252 e. The van der Waals surface area contributed by atoms with Crippen LogP contribution in [-0.4, -0.2) is 35.8 Å². The molecule has 90 valence electrons. The lowest BCUT2D eigenvalue weighted by Crippen LogP contribution is -2.11. The van der Waals surface area contributed by atoms with E-state index in [9.17, 15) is 4.79 Å². The van der Waals surface area contributed by atoms with Crippen LogP contribution in [0.1, 0.15) is 10.4 Å². The Morgan fingerprint density at radius 2 is 2.47 bits per heavy atom. The summed E-state index contributed by atoms with van der Waals surface area (Å²) in [5.74, 6) is -0.478. The van der Waals surface area contributed by atoms with E-state index < -0.39 is 5.91 Å². The molecule has 2 aromatic heterocycles. The van der Waals surface area contributed by atoms with Gasteiger partial charge >= 0.3 is 0 Å². The zero-order chi connectivity index (χ0) is 12.3. The van der Waals surface area contributed by atoms with E-state index in [1.807, 2.05) is 12.1 Å². The fourth-order valence-electron chi connectivity index (χ4n) is 1.58. The zero-order valence-electron chi connectivity index (χ0n) is 9.51. The van der Waals surface area contributed by atoms with Crippen LogP contribution in [0.5, 0.6) is 0 Å². The minimum absolute atomic E-state index is 0.417. The molecule has 6 nitrogen and oxygen atoms in total. The van der Waals surface area contributed by atoms with E-state index in [2.05, 4.69) is 10.4 Å². The lowest BCUT2D eigenvalue weighted by atomic mass is 10.2. The van der Waals surface area contributed by atoms with E-state index in [1.54, 1.807) is 17.8 Å². The van der Waals surface area contributed by atoms with Gasteiger partial charge in [-0.1, -0.05) is 0 Å². The fourth-order valence-corrected chi connectivity index (χ4v) is 1.58. The van der Waals surface area contributed by atoms with E-state index in [-0.39, 0.29) is 0 Å². The van der Waals surface area contributed by atoms with Crippen molar-refractivity contribution in [2.75, 3.05) is 25.6 Å². The van der Waals surface area contributed by atoms with Crippen molar-refractivity contribution in [3.8, 4) is 0 Å². The van der Waals surface area contributed by atoms with Gasteiger partial charge in [0.1, 0.15) is 0 Å².